The van der Waals surface area contributed by atoms with E-state index in [2.05, 4.69) is 32.9 Å². The van der Waals surface area contributed by atoms with Crippen molar-refractivity contribution < 1.29 is 0 Å². The minimum Gasteiger partial charge on any atom is -0.330 e. The van der Waals surface area contributed by atoms with Gasteiger partial charge < -0.3 is 5.73 Å². The lowest BCUT2D eigenvalue weighted by Gasteiger charge is -1.92. The molecule has 3 N–H and O–H groups in total. The summed E-state index contributed by atoms with van der Waals surface area (Å²) in [6, 6.07) is 0. The number of nitrogens with zero attached hydrogens (tertiary/aromatic N) is 2. The van der Waals surface area contributed by atoms with Crippen molar-refractivity contribution in [1.82, 2.24) is 15.2 Å². The van der Waals surface area contributed by atoms with Crippen molar-refractivity contribution >= 4 is 11.3 Å². The van der Waals surface area contributed by atoms with Crippen LogP contribution in [0.3, 0.4) is 0 Å². The van der Waals surface area contributed by atoms with E-state index in [1.54, 1.807) is 11.3 Å². The van der Waals surface area contributed by atoms with Crippen LogP contribution in [-0.4, -0.2) is 21.7 Å². The Balaban J connectivity index is 2.17. The van der Waals surface area contributed by atoms with Crippen LogP contribution in [0.25, 0.3) is 11.4 Å². The van der Waals surface area contributed by atoms with Crippen LogP contribution in [-0.2, 0) is 6.42 Å². The quantitative estimate of drug-likeness (QED) is 0.828. The molecule has 0 fully saturated rings. The van der Waals surface area contributed by atoms with Crippen LogP contribution < -0.4 is 5.73 Å². The van der Waals surface area contributed by atoms with Gasteiger partial charge in [-0.05, 0) is 30.8 Å². The molecule has 80 valence electrons. The second-order valence-corrected chi connectivity index (χ2v) is 4.21. The predicted octanol–water partition coefficient (Wildman–Crippen LogP) is 1.73. The Bertz CT molecular complexity index is 432. The Labute approximate surface area is 92.5 Å². The van der Waals surface area contributed by atoms with Crippen molar-refractivity contribution in [1.29, 1.82) is 0 Å². The lowest BCUT2D eigenvalue weighted by molar-refractivity contribution is 0.785. The van der Waals surface area contributed by atoms with E-state index < -0.39 is 0 Å². The van der Waals surface area contributed by atoms with Gasteiger partial charge in [0.2, 0.25) is 0 Å². The van der Waals surface area contributed by atoms with Crippen LogP contribution >= 0.6 is 11.3 Å². The van der Waals surface area contributed by atoms with Crippen molar-refractivity contribution in [2.75, 3.05) is 6.54 Å². The molecular formula is C10H14N4S. The van der Waals surface area contributed by atoms with E-state index >= 15 is 0 Å². The molecule has 0 aliphatic heterocycles. The van der Waals surface area contributed by atoms with Crippen molar-refractivity contribution in [2.24, 2.45) is 5.73 Å². The van der Waals surface area contributed by atoms with E-state index in [4.69, 9.17) is 5.73 Å². The third-order valence-electron chi connectivity index (χ3n) is 2.25. The molecule has 2 aromatic heterocycles. The molecule has 0 saturated carbocycles. The Morgan fingerprint density at radius 3 is 3.00 bits per heavy atom. The minimum absolute atomic E-state index is 0.688. The first kappa shape index (κ1) is 10.3. The number of hydrogen-bond donors (Lipinski definition) is 2. The Hall–Kier alpha value is -1.20. The first-order valence-electron chi connectivity index (χ1n) is 4.95. The average molecular weight is 222 g/mol. The van der Waals surface area contributed by atoms with E-state index in [1.165, 1.54) is 5.56 Å². The highest BCUT2D eigenvalue weighted by Gasteiger charge is 2.08. The van der Waals surface area contributed by atoms with Gasteiger partial charge in [-0.1, -0.05) is 0 Å². The molecule has 0 radical (unpaired) electrons. The number of aromatic amines is 1. The number of nitrogens with two attached hydrogens (primary N) is 1. The maximum atomic E-state index is 5.44. The second kappa shape index (κ2) is 4.55. The molecule has 0 amide bonds. The molecule has 2 rings (SSSR count). The van der Waals surface area contributed by atoms with Crippen LogP contribution in [0, 0.1) is 6.92 Å². The summed E-state index contributed by atoms with van der Waals surface area (Å²) in [4.78, 5) is 4.44. The van der Waals surface area contributed by atoms with Gasteiger partial charge in [-0.25, -0.2) is 4.98 Å². The van der Waals surface area contributed by atoms with E-state index in [-0.39, 0.29) is 0 Å². The van der Waals surface area contributed by atoms with E-state index in [0.717, 1.165) is 30.1 Å². The summed E-state index contributed by atoms with van der Waals surface area (Å²) in [7, 11) is 0. The molecule has 0 saturated heterocycles. The summed E-state index contributed by atoms with van der Waals surface area (Å²) in [6.45, 7) is 2.76. The van der Waals surface area contributed by atoms with E-state index in [1.807, 2.05) is 0 Å². The number of rotatable bonds is 4. The van der Waals surface area contributed by atoms with Crippen LogP contribution in [0.2, 0.25) is 0 Å². The van der Waals surface area contributed by atoms with Gasteiger partial charge in [0.15, 0.2) is 5.82 Å². The minimum atomic E-state index is 0.688. The SMILES string of the molecule is Cc1cscc1-c1n[nH]c(CCCN)n1. The Kier molecular flexibility index (Phi) is 3.13. The number of hydrogen-bond acceptors (Lipinski definition) is 4. The molecule has 0 atom stereocenters. The summed E-state index contributed by atoms with van der Waals surface area (Å²) in [6.07, 6.45) is 1.81. The van der Waals surface area contributed by atoms with Crippen molar-refractivity contribution in [3.05, 3.63) is 22.1 Å². The molecule has 15 heavy (non-hydrogen) atoms. The first-order valence-corrected chi connectivity index (χ1v) is 5.90. The lowest BCUT2D eigenvalue weighted by atomic mass is 10.2. The highest BCUT2D eigenvalue weighted by atomic mass is 32.1. The monoisotopic (exact) mass is 222 g/mol. The summed E-state index contributed by atoms with van der Waals surface area (Å²) >= 11 is 1.67. The van der Waals surface area contributed by atoms with Gasteiger partial charge in [0, 0.05) is 17.4 Å². The second-order valence-electron chi connectivity index (χ2n) is 3.47. The van der Waals surface area contributed by atoms with Crippen molar-refractivity contribution in [3.8, 4) is 11.4 Å². The third-order valence-corrected chi connectivity index (χ3v) is 3.11. The molecule has 2 aromatic rings. The first-order chi connectivity index (χ1) is 7.31. The maximum absolute atomic E-state index is 5.44. The average Bonchev–Trinajstić information content (AvgIpc) is 2.83. The fraction of sp³-hybridized carbons (Fsp3) is 0.400. The van der Waals surface area contributed by atoms with Gasteiger partial charge in [0.05, 0.1) is 0 Å². The lowest BCUT2D eigenvalue weighted by Crippen LogP contribution is -2.01. The standard InChI is InChI=1S/C10H14N4S/c1-7-5-15-6-8(7)10-12-9(13-14-10)3-2-4-11/h5-6H,2-4,11H2,1H3,(H,12,13,14). The van der Waals surface area contributed by atoms with Crippen LogP contribution in [0.4, 0.5) is 0 Å². The van der Waals surface area contributed by atoms with E-state index in [0.29, 0.717) is 6.54 Å². The third kappa shape index (κ3) is 2.24. The number of aryl methyl sites for hydroxylation is 2. The molecule has 0 aliphatic rings. The van der Waals surface area contributed by atoms with Crippen LogP contribution in [0.1, 0.15) is 17.8 Å². The Morgan fingerprint density at radius 2 is 2.33 bits per heavy atom. The van der Waals surface area contributed by atoms with Gasteiger partial charge >= 0.3 is 0 Å². The smallest absolute Gasteiger partial charge is 0.182 e. The molecule has 0 spiro atoms. The maximum Gasteiger partial charge on any atom is 0.182 e. The molecule has 0 unspecified atom stereocenters. The molecule has 5 heteroatoms. The van der Waals surface area contributed by atoms with E-state index in [9.17, 15) is 0 Å². The zero-order valence-electron chi connectivity index (χ0n) is 8.66. The van der Waals surface area contributed by atoms with Crippen LogP contribution in [0.15, 0.2) is 10.8 Å². The fourth-order valence-electron chi connectivity index (χ4n) is 1.39. The zero-order chi connectivity index (χ0) is 10.7. The number of H-pyrrole nitrogens is 1. The highest BCUT2D eigenvalue weighted by Crippen LogP contribution is 2.23. The van der Waals surface area contributed by atoms with Gasteiger partial charge in [0.1, 0.15) is 5.82 Å². The molecule has 4 nitrogen and oxygen atoms in total. The van der Waals surface area contributed by atoms with Gasteiger partial charge in [-0.3, -0.25) is 5.10 Å². The van der Waals surface area contributed by atoms with Gasteiger partial charge in [-0.2, -0.15) is 16.4 Å². The van der Waals surface area contributed by atoms with Gasteiger partial charge in [-0.15, -0.1) is 0 Å². The molecule has 0 aliphatic carbocycles. The summed E-state index contributed by atoms with van der Waals surface area (Å²) in [5.41, 5.74) is 7.79. The summed E-state index contributed by atoms with van der Waals surface area (Å²) in [5, 5.41) is 11.3. The highest BCUT2D eigenvalue weighted by molar-refractivity contribution is 7.08. The summed E-state index contributed by atoms with van der Waals surface area (Å²) < 4.78 is 0. The van der Waals surface area contributed by atoms with Crippen molar-refractivity contribution in [3.63, 3.8) is 0 Å². The number of nitrogens with one attached hydrogen (secondary N) is 1. The Morgan fingerprint density at radius 1 is 1.47 bits per heavy atom. The molecule has 2 heterocycles. The molecular weight excluding hydrogens is 208 g/mol. The largest absolute Gasteiger partial charge is 0.330 e. The molecule has 0 aromatic carbocycles. The zero-order valence-corrected chi connectivity index (χ0v) is 9.47. The number of aromatic nitrogens is 3. The van der Waals surface area contributed by atoms with Gasteiger partial charge in [0.25, 0.3) is 0 Å². The topological polar surface area (TPSA) is 67.6 Å². The predicted molar refractivity (Wildman–Crippen MR) is 61.8 cm³/mol. The fourth-order valence-corrected chi connectivity index (χ4v) is 2.21. The normalized spacial score (nSPS) is 10.8. The number of thiophene rings is 1. The van der Waals surface area contributed by atoms with Crippen LogP contribution in [0.5, 0.6) is 0 Å². The summed E-state index contributed by atoms with van der Waals surface area (Å²) in [5.74, 6) is 1.71. The van der Waals surface area contributed by atoms with Crippen molar-refractivity contribution in [2.45, 2.75) is 19.8 Å². The molecule has 0 bridgehead atoms.